The van der Waals surface area contributed by atoms with Gasteiger partial charge in [-0.25, -0.2) is 0 Å². The Labute approximate surface area is 179 Å². The second-order valence-electron chi connectivity index (χ2n) is 7.03. The third-order valence-corrected chi connectivity index (χ3v) is 4.98. The van der Waals surface area contributed by atoms with Gasteiger partial charge in [-0.05, 0) is 87.1 Å². The Balaban J connectivity index is 2.07. The molecule has 0 saturated carbocycles. The molecule has 4 aromatic carbocycles. The quantitative estimate of drug-likeness (QED) is 0.270. The second-order valence-corrected chi connectivity index (χ2v) is 7.03. The molecule has 0 aliphatic heterocycles. The number of benzene rings is 4. The summed E-state index contributed by atoms with van der Waals surface area (Å²) >= 11 is 0. The van der Waals surface area contributed by atoms with Gasteiger partial charge in [0, 0.05) is 0 Å². The third-order valence-electron chi connectivity index (χ3n) is 4.98. The molecule has 5 heteroatoms. The molecule has 0 aromatic heterocycles. The average Bonchev–Trinajstić information content (AvgIpc) is 2.80. The molecule has 0 aliphatic rings. The highest BCUT2D eigenvalue weighted by Gasteiger charge is 2.17. The number of rotatable bonds is 5. The summed E-state index contributed by atoms with van der Waals surface area (Å²) in [5.74, 6) is 0.460. The average molecular weight is 409 g/mol. The lowest BCUT2D eigenvalue weighted by atomic mass is 9.85. The van der Waals surface area contributed by atoms with Gasteiger partial charge >= 0.3 is 0 Å². The van der Waals surface area contributed by atoms with E-state index in [2.05, 4.69) is 5.18 Å². The predicted molar refractivity (Wildman–Crippen MR) is 121 cm³/mol. The maximum absolute atomic E-state index is 10.9. The Bertz CT molecular complexity index is 1180. The summed E-state index contributed by atoms with van der Waals surface area (Å²) in [6.07, 6.45) is 0. The van der Waals surface area contributed by atoms with Gasteiger partial charge in [0.05, 0.1) is 0 Å². The molecule has 0 unspecified atom stereocenters. The Hall–Kier alpha value is -4.38. The van der Waals surface area contributed by atoms with Crippen LogP contribution in [0.25, 0.3) is 11.1 Å². The molecule has 0 amide bonds. The van der Waals surface area contributed by atoms with E-state index in [-0.39, 0.29) is 17.2 Å². The maximum Gasteiger partial charge on any atom is 0.115 e. The lowest BCUT2D eigenvalue weighted by Crippen LogP contribution is -1.97. The van der Waals surface area contributed by atoms with Crippen molar-refractivity contribution in [2.75, 3.05) is 0 Å². The van der Waals surface area contributed by atoms with Crippen molar-refractivity contribution >= 4 is 16.8 Å². The van der Waals surface area contributed by atoms with E-state index < -0.39 is 0 Å². The number of aromatic hydroxyl groups is 3. The fraction of sp³-hybridized carbons (Fsp3) is 0. The minimum Gasteiger partial charge on any atom is -0.508 e. The van der Waals surface area contributed by atoms with Crippen LogP contribution >= 0.6 is 0 Å². The van der Waals surface area contributed by atoms with Crippen LogP contribution in [-0.4, -0.2) is 15.3 Å². The van der Waals surface area contributed by atoms with E-state index in [1.54, 1.807) is 48.5 Å². The maximum atomic E-state index is 10.9. The zero-order valence-electron chi connectivity index (χ0n) is 16.4. The van der Waals surface area contributed by atoms with Crippen LogP contribution in [0.5, 0.6) is 17.2 Å². The normalized spacial score (nSPS) is 10.5. The van der Waals surface area contributed by atoms with Crippen molar-refractivity contribution in [2.45, 2.75) is 0 Å². The van der Waals surface area contributed by atoms with E-state index in [1.165, 1.54) is 0 Å². The SMILES string of the molecule is O=Nc1ccc(C(=C(c2ccc(O)cc2)c2ccc(O)cc2)c2ccc(O)cc2)cc1. The largest absolute Gasteiger partial charge is 0.508 e. The van der Waals surface area contributed by atoms with Gasteiger partial charge in [-0.2, -0.15) is 0 Å². The molecule has 0 spiro atoms. The summed E-state index contributed by atoms with van der Waals surface area (Å²) in [6, 6.07) is 27.5. The molecule has 0 heterocycles. The smallest absolute Gasteiger partial charge is 0.115 e. The number of nitrogens with zero attached hydrogens (tertiary/aromatic N) is 1. The van der Waals surface area contributed by atoms with Gasteiger partial charge in [-0.15, -0.1) is 4.91 Å². The fourth-order valence-electron chi connectivity index (χ4n) is 3.48. The summed E-state index contributed by atoms with van der Waals surface area (Å²) in [7, 11) is 0. The minimum atomic E-state index is 0.152. The van der Waals surface area contributed by atoms with E-state index in [9.17, 15) is 20.2 Å². The van der Waals surface area contributed by atoms with Crippen molar-refractivity contribution in [2.24, 2.45) is 5.18 Å². The van der Waals surface area contributed by atoms with Gasteiger partial charge < -0.3 is 15.3 Å². The van der Waals surface area contributed by atoms with Crippen LogP contribution < -0.4 is 0 Å². The third kappa shape index (κ3) is 4.31. The summed E-state index contributed by atoms with van der Waals surface area (Å²) in [4.78, 5) is 10.9. The summed E-state index contributed by atoms with van der Waals surface area (Å²) < 4.78 is 0. The first-order valence-corrected chi connectivity index (χ1v) is 9.61. The Morgan fingerprint density at radius 1 is 0.452 bits per heavy atom. The molecule has 0 radical (unpaired) electrons. The van der Waals surface area contributed by atoms with Crippen LogP contribution in [0.2, 0.25) is 0 Å². The molecule has 152 valence electrons. The van der Waals surface area contributed by atoms with E-state index in [0.29, 0.717) is 5.69 Å². The topological polar surface area (TPSA) is 90.1 Å². The molecule has 31 heavy (non-hydrogen) atoms. The number of hydrogen-bond acceptors (Lipinski definition) is 5. The molecule has 0 atom stereocenters. The highest BCUT2D eigenvalue weighted by molar-refractivity contribution is 6.04. The molecular weight excluding hydrogens is 390 g/mol. The van der Waals surface area contributed by atoms with Crippen LogP contribution in [0, 0.1) is 4.91 Å². The first-order valence-electron chi connectivity index (χ1n) is 9.61. The van der Waals surface area contributed by atoms with Crippen LogP contribution in [0.4, 0.5) is 5.69 Å². The van der Waals surface area contributed by atoms with E-state index in [1.807, 2.05) is 48.5 Å². The van der Waals surface area contributed by atoms with E-state index in [4.69, 9.17) is 0 Å². The van der Waals surface area contributed by atoms with Gasteiger partial charge in [0.25, 0.3) is 0 Å². The highest BCUT2D eigenvalue weighted by atomic mass is 16.3. The van der Waals surface area contributed by atoms with Crippen molar-refractivity contribution in [3.05, 3.63) is 124 Å². The molecule has 0 bridgehead atoms. The molecular formula is C26H19NO4. The van der Waals surface area contributed by atoms with Gasteiger partial charge in [0.1, 0.15) is 22.9 Å². The van der Waals surface area contributed by atoms with Gasteiger partial charge in [-0.3, -0.25) is 0 Å². The van der Waals surface area contributed by atoms with Crippen LogP contribution in [-0.2, 0) is 0 Å². The molecule has 4 aromatic rings. The lowest BCUT2D eigenvalue weighted by Gasteiger charge is -2.18. The standard InChI is InChI=1S/C26H19NO4/c28-22-11-3-18(4-12-22)25(17-1-9-21(27-31)10-2-17)26(19-5-13-23(29)14-6-19)20-7-15-24(30)16-8-20/h1-16,28-30H. The summed E-state index contributed by atoms with van der Waals surface area (Å²) in [6.45, 7) is 0. The molecule has 0 saturated heterocycles. The van der Waals surface area contributed by atoms with Crippen LogP contribution in [0.3, 0.4) is 0 Å². The van der Waals surface area contributed by atoms with Gasteiger partial charge in [0.15, 0.2) is 0 Å². The van der Waals surface area contributed by atoms with Crippen molar-refractivity contribution in [1.82, 2.24) is 0 Å². The monoisotopic (exact) mass is 409 g/mol. The fourth-order valence-corrected chi connectivity index (χ4v) is 3.48. The van der Waals surface area contributed by atoms with Crippen molar-refractivity contribution in [3.63, 3.8) is 0 Å². The van der Waals surface area contributed by atoms with Gasteiger partial charge in [-0.1, -0.05) is 48.5 Å². The highest BCUT2D eigenvalue weighted by Crippen LogP contribution is 2.38. The van der Waals surface area contributed by atoms with Crippen molar-refractivity contribution in [3.8, 4) is 17.2 Å². The second kappa shape index (κ2) is 8.55. The number of nitroso groups, excluding NO2 is 1. The summed E-state index contributed by atoms with van der Waals surface area (Å²) in [5.41, 5.74) is 5.43. The predicted octanol–water partition coefficient (Wildman–Crippen LogP) is 6.21. The lowest BCUT2D eigenvalue weighted by molar-refractivity contribution is 0.474. The van der Waals surface area contributed by atoms with E-state index in [0.717, 1.165) is 33.4 Å². The zero-order chi connectivity index (χ0) is 21.8. The van der Waals surface area contributed by atoms with Crippen molar-refractivity contribution in [1.29, 1.82) is 0 Å². The van der Waals surface area contributed by atoms with E-state index >= 15 is 0 Å². The summed E-state index contributed by atoms with van der Waals surface area (Å²) in [5, 5.41) is 32.4. The Kier molecular flexibility index (Phi) is 5.49. The molecule has 0 fully saturated rings. The number of phenols is 3. The molecule has 4 rings (SSSR count). The first kappa shape index (κ1) is 19.9. The van der Waals surface area contributed by atoms with Crippen LogP contribution in [0.1, 0.15) is 22.3 Å². The molecule has 3 N–H and O–H groups in total. The molecule has 0 aliphatic carbocycles. The Morgan fingerprint density at radius 2 is 0.710 bits per heavy atom. The van der Waals surface area contributed by atoms with Crippen LogP contribution in [0.15, 0.2) is 102 Å². The Morgan fingerprint density at radius 3 is 0.968 bits per heavy atom. The zero-order valence-corrected chi connectivity index (χ0v) is 16.4. The molecule has 5 nitrogen and oxygen atoms in total. The number of phenolic OH excluding ortho intramolecular Hbond substituents is 3. The number of hydrogen-bond donors (Lipinski definition) is 3. The first-order chi connectivity index (χ1) is 15.0. The van der Waals surface area contributed by atoms with Gasteiger partial charge in [0.2, 0.25) is 0 Å². The van der Waals surface area contributed by atoms with Crippen molar-refractivity contribution < 1.29 is 15.3 Å². The minimum absolute atomic E-state index is 0.152.